The molecule has 0 spiro atoms. The van der Waals surface area contributed by atoms with Gasteiger partial charge in [-0.25, -0.2) is 0 Å². The van der Waals surface area contributed by atoms with Crippen molar-refractivity contribution in [3.8, 4) is 0 Å². The third-order valence-electron chi connectivity index (χ3n) is 3.32. The summed E-state index contributed by atoms with van der Waals surface area (Å²) in [5.41, 5.74) is 0. The molecule has 0 amide bonds. The molecule has 18 heavy (non-hydrogen) atoms. The minimum atomic E-state index is -1.41. The van der Waals surface area contributed by atoms with Crippen LogP contribution >= 0.6 is 0 Å². The topological polar surface area (TPSA) is 12.5 Å². The summed E-state index contributed by atoms with van der Waals surface area (Å²) in [6.45, 7) is 13.8. The fourth-order valence-electron chi connectivity index (χ4n) is 2.67. The first-order chi connectivity index (χ1) is 8.46. The molecule has 0 aliphatic heterocycles. The Labute approximate surface area is 115 Å². The Morgan fingerprint density at radius 2 is 1.83 bits per heavy atom. The summed E-state index contributed by atoms with van der Waals surface area (Å²) < 4.78 is 6.11. The van der Waals surface area contributed by atoms with Crippen LogP contribution in [0.2, 0.25) is 19.6 Å². The maximum absolute atomic E-state index is 6.11. The third kappa shape index (κ3) is 5.57. The summed E-state index contributed by atoms with van der Waals surface area (Å²) in [5, 5.41) is 0. The Hall–Kier alpha value is -0.283. The predicted molar refractivity (Wildman–Crippen MR) is 82.3 cm³/mol. The van der Waals surface area contributed by atoms with E-state index in [0.29, 0.717) is 0 Å². The van der Waals surface area contributed by atoms with E-state index in [4.69, 9.17) is 4.43 Å². The normalized spacial score (nSPS) is 21.0. The van der Waals surface area contributed by atoms with Crippen molar-refractivity contribution in [2.75, 3.05) is 13.1 Å². The van der Waals surface area contributed by atoms with Crippen LogP contribution < -0.4 is 0 Å². The van der Waals surface area contributed by atoms with E-state index >= 15 is 0 Å². The van der Waals surface area contributed by atoms with Gasteiger partial charge in [0.25, 0.3) is 0 Å². The first-order valence-electron chi connectivity index (χ1n) is 7.58. The first kappa shape index (κ1) is 15.8. The molecule has 1 unspecified atom stereocenters. The average molecular weight is 270 g/mol. The molecule has 106 valence electrons. The van der Waals surface area contributed by atoms with Gasteiger partial charge in [-0.15, -0.1) is 0 Å². The molecule has 1 aliphatic rings. The van der Waals surface area contributed by atoms with E-state index in [-0.39, 0.29) is 0 Å². The molecule has 0 aromatic heterocycles. The van der Waals surface area contributed by atoms with Gasteiger partial charge in [0.05, 0.1) is 5.76 Å². The molecule has 0 saturated carbocycles. The maximum Gasteiger partial charge on any atom is 0.241 e. The third-order valence-corrected chi connectivity index (χ3v) is 4.19. The standard InChI is InChI=1S/C15H31NOSi/c1-6-12-16(13-7-2)14-8-10-15(11-9-14)17-18(3,4)5/h10,14H,6-9,11-13H2,1-5H3. The number of rotatable bonds is 7. The van der Waals surface area contributed by atoms with Crippen LogP contribution in [0, 0.1) is 0 Å². The van der Waals surface area contributed by atoms with Crippen molar-refractivity contribution < 1.29 is 4.43 Å². The maximum atomic E-state index is 6.11. The van der Waals surface area contributed by atoms with E-state index in [9.17, 15) is 0 Å². The molecule has 2 nitrogen and oxygen atoms in total. The van der Waals surface area contributed by atoms with Gasteiger partial charge >= 0.3 is 0 Å². The minimum absolute atomic E-state index is 0.749. The summed E-state index contributed by atoms with van der Waals surface area (Å²) in [7, 11) is -1.41. The monoisotopic (exact) mass is 269 g/mol. The second-order valence-corrected chi connectivity index (χ2v) is 10.8. The lowest BCUT2D eigenvalue weighted by atomic mass is 9.98. The highest BCUT2D eigenvalue weighted by Crippen LogP contribution is 2.25. The van der Waals surface area contributed by atoms with Gasteiger partial charge in [-0.1, -0.05) is 13.8 Å². The molecule has 0 bridgehead atoms. The van der Waals surface area contributed by atoms with Crippen molar-refractivity contribution in [1.29, 1.82) is 0 Å². The molecule has 0 aromatic rings. The molecule has 1 atom stereocenters. The zero-order valence-electron chi connectivity index (χ0n) is 13.0. The zero-order valence-corrected chi connectivity index (χ0v) is 14.0. The van der Waals surface area contributed by atoms with Gasteiger partial charge in [-0.3, -0.25) is 0 Å². The fourth-order valence-corrected chi connectivity index (χ4v) is 3.64. The lowest BCUT2D eigenvalue weighted by Crippen LogP contribution is -2.38. The number of hydrogen-bond donors (Lipinski definition) is 0. The quantitative estimate of drug-likeness (QED) is 0.635. The predicted octanol–water partition coefficient (Wildman–Crippen LogP) is 4.40. The Bertz CT molecular complexity index is 264. The second-order valence-electron chi connectivity index (χ2n) is 6.35. The molecular formula is C15H31NOSi. The molecule has 0 heterocycles. The van der Waals surface area contributed by atoms with Crippen LogP contribution in [-0.4, -0.2) is 32.3 Å². The summed E-state index contributed by atoms with van der Waals surface area (Å²) in [5.74, 6) is 1.26. The van der Waals surface area contributed by atoms with E-state index < -0.39 is 8.32 Å². The van der Waals surface area contributed by atoms with Crippen LogP contribution in [0.5, 0.6) is 0 Å². The molecular weight excluding hydrogens is 238 g/mol. The Morgan fingerprint density at radius 1 is 1.22 bits per heavy atom. The fraction of sp³-hybridized carbons (Fsp3) is 0.867. The molecule has 0 radical (unpaired) electrons. The number of hydrogen-bond acceptors (Lipinski definition) is 2. The zero-order chi connectivity index (χ0) is 13.6. The van der Waals surface area contributed by atoms with Crippen LogP contribution in [0.4, 0.5) is 0 Å². The molecule has 0 fully saturated rings. The van der Waals surface area contributed by atoms with Crippen LogP contribution in [-0.2, 0) is 4.43 Å². The lowest BCUT2D eigenvalue weighted by Gasteiger charge is -2.34. The van der Waals surface area contributed by atoms with Gasteiger partial charge in [0.2, 0.25) is 8.32 Å². The van der Waals surface area contributed by atoms with E-state index in [1.54, 1.807) is 0 Å². The lowest BCUT2D eigenvalue weighted by molar-refractivity contribution is 0.175. The summed E-state index contributed by atoms with van der Waals surface area (Å²) in [6, 6.07) is 0.749. The van der Waals surface area contributed by atoms with E-state index in [1.807, 2.05) is 0 Å². The van der Waals surface area contributed by atoms with E-state index in [1.165, 1.54) is 44.5 Å². The highest BCUT2D eigenvalue weighted by atomic mass is 28.4. The van der Waals surface area contributed by atoms with Crippen molar-refractivity contribution in [2.24, 2.45) is 0 Å². The molecule has 0 N–H and O–H groups in total. The summed E-state index contributed by atoms with van der Waals surface area (Å²) in [6.07, 6.45) is 8.47. The van der Waals surface area contributed by atoms with Crippen LogP contribution in [0.1, 0.15) is 46.0 Å². The van der Waals surface area contributed by atoms with Gasteiger partial charge in [-0.2, -0.15) is 0 Å². The van der Waals surface area contributed by atoms with E-state index in [2.05, 4.69) is 44.5 Å². The van der Waals surface area contributed by atoms with Crippen molar-refractivity contribution in [1.82, 2.24) is 4.90 Å². The van der Waals surface area contributed by atoms with E-state index in [0.717, 1.165) is 12.5 Å². The smallest absolute Gasteiger partial charge is 0.241 e. The van der Waals surface area contributed by atoms with Gasteiger partial charge in [0, 0.05) is 12.5 Å². The Balaban J connectivity index is 2.49. The minimum Gasteiger partial charge on any atom is -0.548 e. The van der Waals surface area contributed by atoms with Crippen molar-refractivity contribution in [3.63, 3.8) is 0 Å². The Kier molecular flexibility index (Phi) is 6.43. The molecule has 0 saturated heterocycles. The molecule has 0 aromatic carbocycles. The van der Waals surface area contributed by atoms with Gasteiger partial charge in [-0.05, 0) is 64.5 Å². The Morgan fingerprint density at radius 3 is 2.22 bits per heavy atom. The SMILES string of the molecule is CCCN(CCC)C1CC=C(O[Si](C)(C)C)CC1. The summed E-state index contributed by atoms with van der Waals surface area (Å²) >= 11 is 0. The average Bonchev–Trinajstić information content (AvgIpc) is 2.28. The number of nitrogens with zero attached hydrogens (tertiary/aromatic N) is 1. The largest absolute Gasteiger partial charge is 0.548 e. The van der Waals surface area contributed by atoms with Crippen LogP contribution in [0.25, 0.3) is 0 Å². The second kappa shape index (κ2) is 7.34. The van der Waals surface area contributed by atoms with Gasteiger partial charge in [0.1, 0.15) is 0 Å². The van der Waals surface area contributed by atoms with Crippen molar-refractivity contribution in [3.05, 3.63) is 11.8 Å². The molecule has 1 rings (SSSR count). The van der Waals surface area contributed by atoms with Gasteiger partial charge in [0.15, 0.2) is 0 Å². The highest BCUT2D eigenvalue weighted by molar-refractivity contribution is 6.70. The van der Waals surface area contributed by atoms with Crippen LogP contribution in [0.3, 0.4) is 0 Å². The van der Waals surface area contributed by atoms with Crippen molar-refractivity contribution >= 4 is 8.32 Å². The van der Waals surface area contributed by atoms with Crippen molar-refractivity contribution in [2.45, 2.75) is 71.6 Å². The molecule has 3 heteroatoms. The van der Waals surface area contributed by atoms with Crippen LogP contribution in [0.15, 0.2) is 11.8 Å². The number of allylic oxidation sites excluding steroid dienone is 1. The van der Waals surface area contributed by atoms with Gasteiger partial charge < -0.3 is 9.33 Å². The molecule has 1 aliphatic carbocycles. The highest BCUT2D eigenvalue weighted by Gasteiger charge is 2.24. The summed E-state index contributed by atoms with van der Waals surface area (Å²) in [4.78, 5) is 2.67. The first-order valence-corrected chi connectivity index (χ1v) is 11.0.